The highest BCUT2D eigenvalue weighted by Crippen LogP contribution is 2.38. The number of benzene rings is 3. The molecule has 5 nitrogen and oxygen atoms in total. The van der Waals surface area contributed by atoms with E-state index in [1.54, 1.807) is 20.3 Å². The van der Waals surface area contributed by atoms with Gasteiger partial charge in [-0.25, -0.2) is 0 Å². The Morgan fingerprint density at radius 3 is 2.42 bits per heavy atom. The SMILES string of the molecule is COc1cccc(C2=NC(c3cc(Br)ccc3OC)NC(c3cc(Br)ccc3O)C2)c1. The van der Waals surface area contributed by atoms with E-state index in [1.807, 2.05) is 54.6 Å². The summed E-state index contributed by atoms with van der Waals surface area (Å²) in [5, 5.41) is 14.2. The number of ether oxygens (including phenoxy) is 2. The first kappa shape index (κ1) is 21.9. The average molecular weight is 546 g/mol. The number of phenols is 1. The largest absolute Gasteiger partial charge is 0.508 e. The van der Waals surface area contributed by atoms with E-state index in [9.17, 15) is 5.11 Å². The van der Waals surface area contributed by atoms with E-state index in [4.69, 9.17) is 14.5 Å². The van der Waals surface area contributed by atoms with E-state index in [0.29, 0.717) is 6.42 Å². The number of halogens is 2. The highest BCUT2D eigenvalue weighted by Gasteiger charge is 2.29. The van der Waals surface area contributed by atoms with E-state index in [0.717, 1.165) is 42.8 Å². The molecule has 31 heavy (non-hydrogen) atoms. The summed E-state index contributed by atoms with van der Waals surface area (Å²) in [7, 11) is 3.31. The molecule has 1 aliphatic heterocycles. The normalized spacial score (nSPS) is 18.4. The molecule has 0 spiro atoms. The zero-order valence-electron chi connectivity index (χ0n) is 17.1. The van der Waals surface area contributed by atoms with Crippen LogP contribution in [0, 0.1) is 0 Å². The summed E-state index contributed by atoms with van der Waals surface area (Å²) in [6, 6.07) is 19.1. The highest BCUT2D eigenvalue weighted by atomic mass is 79.9. The van der Waals surface area contributed by atoms with Crippen LogP contribution < -0.4 is 14.8 Å². The van der Waals surface area contributed by atoms with E-state index >= 15 is 0 Å². The van der Waals surface area contributed by atoms with E-state index in [1.165, 1.54) is 0 Å². The first-order chi connectivity index (χ1) is 15.0. The lowest BCUT2D eigenvalue weighted by atomic mass is 9.93. The lowest BCUT2D eigenvalue weighted by Gasteiger charge is -2.31. The van der Waals surface area contributed by atoms with E-state index in [2.05, 4.69) is 37.2 Å². The van der Waals surface area contributed by atoms with E-state index < -0.39 is 0 Å². The number of nitrogens with zero attached hydrogens (tertiary/aromatic N) is 1. The quantitative estimate of drug-likeness (QED) is 0.403. The molecule has 0 saturated heterocycles. The van der Waals surface area contributed by atoms with E-state index in [-0.39, 0.29) is 18.0 Å². The van der Waals surface area contributed by atoms with Crippen molar-refractivity contribution in [1.29, 1.82) is 0 Å². The predicted molar refractivity (Wildman–Crippen MR) is 129 cm³/mol. The molecular weight excluding hydrogens is 524 g/mol. The Morgan fingerprint density at radius 1 is 0.935 bits per heavy atom. The topological polar surface area (TPSA) is 63.1 Å². The number of aliphatic imine (C=N–C) groups is 1. The maximum Gasteiger partial charge on any atom is 0.130 e. The van der Waals surface area contributed by atoms with Crippen molar-refractivity contribution >= 4 is 37.6 Å². The fourth-order valence-electron chi connectivity index (χ4n) is 3.77. The number of hydrogen-bond donors (Lipinski definition) is 2. The molecule has 2 atom stereocenters. The van der Waals surface area contributed by atoms with Gasteiger partial charge in [-0.05, 0) is 54.1 Å². The van der Waals surface area contributed by atoms with Gasteiger partial charge in [0.05, 0.1) is 14.2 Å². The van der Waals surface area contributed by atoms with Gasteiger partial charge in [0.2, 0.25) is 0 Å². The molecule has 0 radical (unpaired) electrons. The summed E-state index contributed by atoms with van der Waals surface area (Å²) in [6.45, 7) is 0. The Morgan fingerprint density at radius 2 is 1.68 bits per heavy atom. The minimum Gasteiger partial charge on any atom is -0.508 e. The number of hydrogen-bond acceptors (Lipinski definition) is 5. The molecule has 3 aromatic rings. The van der Waals surface area contributed by atoms with Crippen LogP contribution in [0.1, 0.15) is 35.3 Å². The summed E-state index contributed by atoms with van der Waals surface area (Å²) in [6.07, 6.45) is 0.259. The van der Waals surface area contributed by atoms with Gasteiger partial charge in [0.25, 0.3) is 0 Å². The van der Waals surface area contributed by atoms with Gasteiger partial charge in [-0.1, -0.05) is 44.0 Å². The van der Waals surface area contributed by atoms with Crippen LogP contribution in [0.5, 0.6) is 17.2 Å². The number of nitrogens with one attached hydrogen (secondary N) is 1. The molecule has 0 aliphatic carbocycles. The zero-order valence-corrected chi connectivity index (χ0v) is 20.3. The van der Waals surface area contributed by atoms with Crippen molar-refractivity contribution in [3.63, 3.8) is 0 Å². The van der Waals surface area contributed by atoms with Crippen LogP contribution in [0.15, 0.2) is 74.6 Å². The molecular formula is C24H22Br2N2O3. The fourth-order valence-corrected chi connectivity index (χ4v) is 4.52. The van der Waals surface area contributed by atoms with Gasteiger partial charge in [0, 0.05) is 38.2 Å². The average Bonchev–Trinajstić information content (AvgIpc) is 2.80. The van der Waals surface area contributed by atoms with Crippen LogP contribution in [0.3, 0.4) is 0 Å². The van der Waals surface area contributed by atoms with Gasteiger partial charge >= 0.3 is 0 Å². The third-order valence-electron chi connectivity index (χ3n) is 5.30. The van der Waals surface area contributed by atoms with Gasteiger partial charge in [-0.3, -0.25) is 10.3 Å². The summed E-state index contributed by atoms with van der Waals surface area (Å²) >= 11 is 7.08. The molecule has 1 aliphatic rings. The molecule has 0 bridgehead atoms. The highest BCUT2D eigenvalue weighted by molar-refractivity contribution is 9.10. The molecule has 0 saturated carbocycles. The Labute approximate surface area is 198 Å². The van der Waals surface area contributed by atoms with Crippen LogP contribution >= 0.6 is 31.9 Å². The number of aromatic hydroxyl groups is 1. The van der Waals surface area contributed by atoms with Crippen LogP contribution in [0.2, 0.25) is 0 Å². The van der Waals surface area contributed by atoms with Gasteiger partial charge < -0.3 is 14.6 Å². The molecule has 1 heterocycles. The fraction of sp³-hybridized carbons (Fsp3) is 0.208. The van der Waals surface area contributed by atoms with Gasteiger partial charge in [-0.15, -0.1) is 0 Å². The van der Waals surface area contributed by atoms with Crippen molar-refractivity contribution < 1.29 is 14.6 Å². The van der Waals surface area contributed by atoms with Crippen molar-refractivity contribution in [2.45, 2.75) is 18.6 Å². The van der Waals surface area contributed by atoms with Crippen molar-refractivity contribution in [2.75, 3.05) is 14.2 Å². The predicted octanol–water partition coefficient (Wildman–Crippen LogP) is 6.16. The minimum atomic E-state index is -0.356. The number of rotatable bonds is 5. The number of methoxy groups -OCH3 is 2. The van der Waals surface area contributed by atoms with Crippen molar-refractivity contribution in [3.8, 4) is 17.2 Å². The molecule has 4 rings (SSSR count). The summed E-state index contributed by atoms with van der Waals surface area (Å²) < 4.78 is 12.9. The van der Waals surface area contributed by atoms with Crippen LogP contribution in [-0.4, -0.2) is 25.0 Å². The standard InChI is InChI=1S/C24H22Br2N2O3/c1-30-17-5-3-4-14(10-17)20-13-21(18-11-15(25)6-8-22(18)29)28-24(27-20)19-12-16(26)7-9-23(19)31-2/h3-12,21,24,28-29H,13H2,1-2H3. The summed E-state index contributed by atoms with van der Waals surface area (Å²) in [5.74, 6) is 1.76. The third kappa shape index (κ3) is 4.79. The lowest BCUT2D eigenvalue weighted by Crippen LogP contribution is -2.33. The molecule has 160 valence electrons. The van der Waals surface area contributed by atoms with Crippen molar-refractivity contribution in [1.82, 2.24) is 5.32 Å². The molecule has 7 heteroatoms. The maximum atomic E-state index is 10.6. The molecule has 0 amide bonds. The third-order valence-corrected chi connectivity index (χ3v) is 6.28. The molecule has 2 N–H and O–H groups in total. The van der Waals surface area contributed by atoms with Gasteiger partial charge in [0.15, 0.2) is 0 Å². The molecule has 2 unspecified atom stereocenters. The summed E-state index contributed by atoms with van der Waals surface area (Å²) in [5.41, 5.74) is 3.63. The summed E-state index contributed by atoms with van der Waals surface area (Å²) in [4.78, 5) is 5.03. The van der Waals surface area contributed by atoms with Crippen LogP contribution in [-0.2, 0) is 0 Å². The minimum absolute atomic E-state index is 0.148. The zero-order chi connectivity index (χ0) is 22.0. The molecule has 3 aromatic carbocycles. The van der Waals surface area contributed by atoms with Crippen LogP contribution in [0.25, 0.3) is 0 Å². The van der Waals surface area contributed by atoms with Gasteiger partial charge in [-0.2, -0.15) is 0 Å². The Balaban J connectivity index is 1.83. The molecule has 0 aromatic heterocycles. The molecule has 0 fully saturated rings. The maximum absolute atomic E-state index is 10.6. The monoisotopic (exact) mass is 544 g/mol. The van der Waals surface area contributed by atoms with Crippen molar-refractivity contribution in [2.24, 2.45) is 4.99 Å². The van der Waals surface area contributed by atoms with Crippen molar-refractivity contribution in [3.05, 3.63) is 86.3 Å². The smallest absolute Gasteiger partial charge is 0.130 e. The second-order valence-corrected chi connectivity index (χ2v) is 9.05. The second-order valence-electron chi connectivity index (χ2n) is 7.22. The first-order valence-electron chi connectivity index (χ1n) is 9.77. The Hall–Kier alpha value is -2.35. The Bertz CT molecular complexity index is 1130. The number of phenolic OH excluding ortho intramolecular Hbond substituents is 1. The Kier molecular flexibility index (Phi) is 6.65. The first-order valence-corrected chi connectivity index (χ1v) is 11.4. The second kappa shape index (κ2) is 9.42. The van der Waals surface area contributed by atoms with Gasteiger partial charge in [0.1, 0.15) is 23.4 Å². The van der Waals surface area contributed by atoms with Crippen LogP contribution in [0.4, 0.5) is 0 Å². The lowest BCUT2D eigenvalue weighted by molar-refractivity contribution is 0.380.